The summed E-state index contributed by atoms with van der Waals surface area (Å²) in [6.45, 7) is 3.83. The van der Waals surface area contributed by atoms with Crippen molar-refractivity contribution < 1.29 is 9.90 Å². The van der Waals surface area contributed by atoms with Gasteiger partial charge in [-0.25, -0.2) is 0 Å². The topological polar surface area (TPSA) is 40.5 Å². The van der Waals surface area contributed by atoms with Gasteiger partial charge in [0.25, 0.3) is 0 Å². The molecular weight excluding hydrogens is 178 g/mol. The van der Waals surface area contributed by atoms with E-state index in [1.165, 1.54) is 0 Å². The van der Waals surface area contributed by atoms with E-state index in [9.17, 15) is 4.79 Å². The summed E-state index contributed by atoms with van der Waals surface area (Å²) < 4.78 is 0. The number of hydrogen-bond donors (Lipinski definition) is 1. The lowest BCUT2D eigenvalue weighted by molar-refractivity contribution is -0.144. The van der Waals surface area contributed by atoms with Crippen LogP contribution >= 0.6 is 0 Å². The zero-order valence-electron chi connectivity index (χ0n) is 8.57. The van der Waals surface area contributed by atoms with Crippen LogP contribution in [0.25, 0.3) is 0 Å². The Morgan fingerprint density at radius 2 is 2.43 bits per heavy atom. The van der Waals surface area contributed by atoms with Crippen LogP contribution in [0.1, 0.15) is 26.2 Å². The third-order valence-electron chi connectivity index (χ3n) is 2.91. The van der Waals surface area contributed by atoms with Crippen molar-refractivity contribution >= 4 is 5.97 Å². The highest BCUT2D eigenvalue weighted by atomic mass is 16.4. The van der Waals surface area contributed by atoms with Crippen LogP contribution in [0.15, 0.2) is 0 Å². The number of piperidine rings is 1. The molecule has 1 rings (SSSR count). The van der Waals surface area contributed by atoms with E-state index in [1.807, 2.05) is 0 Å². The molecular formula is C11H17NO2. The Balaban J connectivity index is 2.40. The van der Waals surface area contributed by atoms with Crippen LogP contribution in [0.5, 0.6) is 0 Å². The van der Waals surface area contributed by atoms with Gasteiger partial charge in [-0.05, 0) is 26.3 Å². The fraction of sp³-hybridized carbons (Fsp3) is 0.727. The van der Waals surface area contributed by atoms with E-state index in [1.54, 1.807) is 0 Å². The molecule has 1 saturated heterocycles. The fourth-order valence-corrected chi connectivity index (χ4v) is 1.99. The number of carboxylic acid groups (broad SMARTS) is 1. The summed E-state index contributed by atoms with van der Waals surface area (Å²) in [5.74, 6) is 1.79. The minimum atomic E-state index is -0.659. The molecule has 2 unspecified atom stereocenters. The molecule has 0 aliphatic carbocycles. The summed E-state index contributed by atoms with van der Waals surface area (Å²) in [6, 6.07) is 0.346. The molecule has 1 N–H and O–H groups in total. The van der Waals surface area contributed by atoms with E-state index in [2.05, 4.69) is 17.7 Å². The average Bonchev–Trinajstić information content (AvgIpc) is 2.15. The number of carbonyl (C=O) groups is 1. The Hall–Kier alpha value is -1.01. The van der Waals surface area contributed by atoms with E-state index in [4.69, 9.17) is 11.5 Å². The van der Waals surface area contributed by atoms with Crippen molar-refractivity contribution in [1.29, 1.82) is 0 Å². The highest BCUT2D eigenvalue weighted by Crippen LogP contribution is 2.22. The number of nitrogens with zero attached hydrogens (tertiary/aromatic N) is 1. The first-order valence-corrected chi connectivity index (χ1v) is 5.05. The van der Waals surface area contributed by atoms with Crippen molar-refractivity contribution in [2.24, 2.45) is 5.92 Å². The van der Waals surface area contributed by atoms with Crippen molar-refractivity contribution in [1.82, 2.24) is 4.90 Å². The normalized spacial score (nSPS) is 28.3. The monoisotopic (exact) mass is 195 g/mol. The molecule has 78 valence electrons. The second-order valence-corrected chi connectivity index (χ2v) is 3.90. The lowest BCUT2D eigenvalue weighted by Crippen LogP contribution is -2.42. The quantitative estimate of drug-likeness (QED) is 0.688. The van der Waals surface area contributed by atoms with Crippen LogP contribution in [0.2, 0.25) is 0 Å². The first-order valence-electron chi connectivity index (χ1n) is 5.05. The molecule has 0 amide bonds. The van der Waals surface area contributed by atoms with Gasteiger partial charge in [0, 0.05) is 19.0 Å². The van der Waals surface area contributed by atoms with Gasteiger partial charge in [0.2, 0.25) is 0 Å². The molecule has 0 aromatic heterocycles. The number of hydrogen-bond acceptors (Lipinski definition) is 2. The summed E-state index contributed by atoms with van der Waals surface area (Å²) in [5.41, 5.74) is 0. The maximum absolute atomic E-state index is 10.8. The number of carboxylic acids is 1. The van der Waals surface area contributed by atoms with E-state index in [0.717, 1.165) is 32.4 Å². The molecule has 0 spiro atoms. The van der Waals surface area contributed by atoms with Gasteiger partial charge in [-0.2, -0.15) is 0 Å². The summed E-state index contributed by atoms with van der Waals surface area (Å²) >= 11 is 0. The Morgan fingerprint density at radius 1 is 1.71 bits per heavy atom. The molecule has 14 heavy (non-hydrogen) atoms. The molecule has 1 fully saturated rings. The number of likely N-dealkylation sites (tertiary alicyclic amines) is 1. The van der Waals surface area contributed by atoms with Crippen LogP contribution in [-0.4, -0.2) is 35.1 Å². The molecule has 1 heterocycles. The van der Waals surface area contributed by atoms with Crippen molar-refractivity contribution in [3.05, 3.63) is 0 Å². The Bertz CT molecular complexity index is 244. The predicted octanol–water partition coefficient (Wildman–Crippen LogP) is 1.19. The second-order valence-electron chi connectivity index (χ2n) is 3.90. The highest BCUT2D eigenvalue weighted by molar-refractivity contribution is 5.70. The number of terminal acetylenes is 1. The van der Waals surface area contributed by atoms with E-state index in [0.29, 0.717) is 6.04 Å². The molecule has 1 aliphatic heterocycles. The predicted molar refractivity (Wildman–Crippen MR) is 54.8 cm³/mol. The average molecular weight is 195 g/mol. The van der Waals surface area contributed by atoms with Crippen LogP contribution in [0.3, 0.4) is 0 Å². The minimum Gasteiger partial charge on any atom is -0.481 e. The van der Waals surface area contributed by atoms with Gasteiger partial charge in [-0.1, -0.05) is 0 Å². The van der Waals surface area contributed by atoms with Gasteiger partial charge in [-0.3, -0.25) is 9.69 Å². The molecule has 3 nitrogen and oxygen atoms in total. The molecule has 0 aromatic rings. The highest BCUT2D eigenvalue weighted by Gasteiger charge is 2.28. The Morgan fingerprint density at radius 3 is 2.93 bits per heavy atom. The van der Waals surface area contributed by atoms with E-state index in [-0.39, 0.29) is 5.92 Å². The summed E-state index contributed by atoms with van der Waals surface area (Å²) in [7, 11) is 0. The van der Waals surface area contributed by atoms with Gasteiger partial charge in [0.15, 0.2) is 0 Å². The summed E-state index contributed by atoms with van der Waals surface area (Å²) in [4.78, 5) is 13.0. The van der Waals surface area contributed by atoms with Crippen LogP contribution in [0, 0.1) is 18.3 Å². The van der Waals surface area contributed by atoms with E-state index >= 15 is 0 Å². The first-order chi connectivity index (χ1) is 6.65. The van der Waals surface area contributed by atoms with Gasteiger partial charge >= 0.3 is 5.97 Å². The Labute approximate surface area is 85.1 Å². The minimum absolute atomic E-state index is 0.160. The van der Waals surface area contributed by atoms with Crippen LogP contribution in [-0.2, 0) is 4.79 Å². The fourth-order valence-electron chi connectivity index (χ4n) is 1.99. The zero-order valence-corrected chi connectivity index (χ0v) is 8.57. The van der Waals surface area contributed by atoms with Gasteiger partial charge in [-0.15, -0.1) is 12.3 Å². The molecule has 3 heteroatoms. The second kappa shape index (κ2) is 5.02. The molecule has 0 radical (unpaired) electrons. The molecule has 0 bridgehead atoms. The van der Waals surface area contributed by atoms with Crippen molar-refractivity contribution in [2.45, 2.75) is 32.2 Å². The number of rotatable bonds is 3. The third-order valence-corrected chi connectivity index (χ3v) is 2.91. The molecule has 1 aliphatic rings. The van der Waals surface area contributed by atoms with Crippen molar-refractivity contribution in [3.63, 3.8) is 0 Å². The lowest BCUT2D eigenvalue weighted by atomic mass is 9.92. The maximum Gasteiger partial charge on any atom is 0.306 e. The first kappa shape index (κ1) is 11.1. The summed E-state index contributed by atoms with van der Waals surface area (Å²) in [6.07, 6.45) is 7.45. The molecule has 2 atom stereocenters. The Kier molecular flexibility index (Phi) is 3.97. The number of aliphatic carboxylic acids is 1. The molecule has 0 aromatic carbocycles. The van der Waals surface area contributed by atoms with Crippen LogP contribution in [0.4, 0.5) is 0 Å². The zero-order chi connectivity index (χ0) is 10.6. The molecule has 0 saturated carbocycles. The van der Waals surface area contributed by atoms with Gasteiger partial charge in [0.05, 0.1) is 5.92 Å². The van der Waals surface area contributed by atoms with Gasteiger partial charge < -0.3 is 5.11 Å². The maximum atomic E-state index is 10.8. The standard InChI is InChI=1S/C11H17NO2/c1-3-4-6-12-7-5-10(11(13)14)8-9(12)2/h1,9-10H,4-8H2,2H3,(H,13,14). The SMILES string of the molecule is C#CCCN1CCC(C(=O)O)CC1C. The van der Waals surface area contributed by atoms with Gasteiger partial charge in [0.1, 0.15) is 0 Å². The van der Waals surface area contributed by atoms with Crippen molar-refractivity contribution in [3.8, 4) is 12.3 Å². The third kappa shape index (κ3) is 2.74. The smallest absolute Gasteiger partial charge is 0.306 e. The largest absolute Gasteiger partial charge is 0.481 e. The van der Waals surface area contributed by atoms with E-state index < -0.39 is 5.97 Å². The van der Waals surface area contributed by atoms with Crippen LogP contribution < -0.4 is 0 Å². The summed E-state index contributed by atoms with van der Waals surface area (Å²) in [5, 5.41) is 8.87. The lowest BCUT2D eigenvalue weighted by Gasteiger charge is -2.35. The van der Waals surface area contributed by atoms with Crippen molar-refractivity contribution in [2.75, 3.05) is 13.1 Å².